The van der Waals surface area contributed by atoms with Gasteiger partial charge in [0.1, 0.15) is 0 Å². The summed E-state index contributed by atoms with van der Waals surface area (Å²) in [6.45, 7) is 2.29. The first-order valence-electron chi connectivity index (χ1n) is 6.70. The van der Waals surface area contributed by atoms with Gasteiger partial charge < -0.3 is 10.8 Å². The van der Waals surface area contributed by atoms with Crippen molar-refractivity contribution in [2.45, 2.75) is 51.5 Å². The van der Waals surface area contributed by atoms with Crippen molar-refractivity contribution in [1.82, 2.24) is 0 Å². The number of benzene rings is 1. The van der Waals surface area contributed by atoms with Gasteiger partial charge in [-0.05, 0) is 30.4 Å². The second kappa shape index (κ2) is 10.4. The van der Waals surface area contributed by atoms with Gasteiger partial charge in [-0.1, -0.05) is 50.5 Å². The van der Waals surface area contributed by atoms with Crippen LogP contribution in [0.1, 0.15) is 43.7 Å². The maximum Gasteiger partial charge on any atom is 0.0585 e. The van der Waals surface area contributed by atoms with Crippen molar-refractivity contribution < 1.29 is 5.11 Å². The smallest absolute Gasteiger partial charge is 0.0585 e. The molecule has 0 aliphatic rings. The third-order valence-corrected chi connectivity index (χ3v) is 3.07. The molecule has 1 rings (SSSR count). The highest BCUT2D eigenvalue weighted by Crippen LogP contribution is 2.10. The van der Waals surface area contributed by atoms with Crippen molar-refractivity contribution in [3.63, 3.8) is 0 Å². The van der Waals surface area contributed by atoms with E-state index in [1.807, 2.05) is 0 Å². The fraction of sp³-hybridized carbons (Fsp3) is 0.600. The van der Waals surface area contributed by atoms with Gasteiger partial charge in [-0.25, -0.2) is 0 Å². The van der Waals surface area contributed by atoms with Crippen LogP contribution in [0.15, 0.2) is 24.3 Å². The van der Waals surface area contributed by atoms with Crippen LogP contribution in [-0.4, -0.2) is 17.8 Å². The number of aliphatic hydroxyl groups is 1. The molecule has 2 nitrogen and oxygen atoms in total. The summed E-state index contributed by atoms with van der Waals surface area (Å²) in [7, 11) is 0. The first-order valence-corrected chi connectivity index (χ1v) is 6.70. The quantitative estimate of drug-likeness (QED) is 0.714. The minimum Gasteiger partial charge on any atom is -0.395 e. The molecule has 0 heterocycles. The number of unbranched alkanes of at least 4 members (excludes halogenated alkanes) is 3. The molecule has 1 aromatic carbocycles. The van der Waals surface area contributed by atoms with Gasteiger partial charge in [0.15, 0.2) is 0 Å². The Morgan fingerprint density at radius 3 is 2.22 bits per heavy atom. The van der Waals surface area contributed by atoms with E-state index in [-0.39, 0.29) is 25.1 Å². The molecule has 0 aliphatic carbocycles. The standard InChI is InChI=1S/C15H25NO.ClH/c1-2-3-4-5-6-13-7-9-14(10-8-13)11-15(16)12-17;/h7-10,15,17H,2-6,11-12,16H2,1H3;1H/t15-;/m0./s1. The molecule has 0 saturated heterocycles. The largest absolute Gasteiger partial charge is 0.395 e. The van der Waals surface area contributed by atoms with Crippen LogP contribution in [-0.2, 0) is 12.8 Å². The highest BCUT2D eigenvalue weighted by molar-refractivity contribution is 5.85. The van der Waals surface area contributed by atoms with Crippen LogP contribution in [0.2, 0.25) is 0 Å². The van der Waals surface area contributed by atoms with Gasteiger partial charge in [0.25, 0.3) is 0 Å². The molecule has 0 aliphatic heterocycles. The van der Waals surface area contributed by atoms with Crippen LogP contribution >= 0.6 is 12.4 Å². The predicted molar refractivity (Wildman–Crippen MR) is 80.3 cm³/mol. The highest BCUT2D eigenvalue weighted by atomic mass is 35.5. The third kappa shape index (κ3) is 7.00. The summed E-state index contributed by atoms with van der Waals surface area (Å²) in [5.74, 6) is 0. The lowest BCUT2D eigenvalue weighted by molar-refractivity contribution is 0.265. The first kappa shape index (κ1) is 17.4. The third-order valence-electron chi connectivity index (χ3n) is 3.07. The Bertz CT molecular complexity index is 300. The number of hydrogen-bond acceptors (Lipinski definition) is 2. The average molecular weight is 272 g/mol. The Hall–Kier alpha value is -0.570. The first-order chi connectivity index (χ1) is 8.26. The SMILES string of the molecule is CCCCCCc1ccc(C[C@H](N)CO)cc1.Cl. The van der Waals surface area contributed by atoms with E-state index in [1.165, 1.54) is 43.2 Å². The second-order valence-corrected chi connectivity index (χ2v) is 4.77. The number of halogens is 1. The Labute approximate surface area is 117 Å². The maximum atomic E-state index is 8.89. The maximum absolute atomic E-state index is 8.89. The van der Waals surface area contributed by atoms with Crippen LogP contribution in [0.5, 0.6) is 0 Å². The lowest BCUT2D eigenvalue weighted by Crippen LogP contribution is -2.26. The van der Waals surface area contributed by atoms with E-state index < -0.39 is 0 Å². The molecule has 0 radical (unpaired) electrons. The molecule has 3 N–H and O–H groups in total. The van der Waals surface area contributed by atoms with Gasteiger partial charge in [0.05, 0.1) is 6.61 Å². The summed E-state index contributed by atoms with van der Waals surface area (Å²) in [5, 5.41) is 8.89. The van der Waals surface area contributed by atoms with E-state index in [0.717, 1.165) is 6.42 Å². The number of hydrogen-bond donors (Lipinski definition) is 2. The van der Waals surface area contributed by atoms with E-state index in [4.69, 9.17) is 10.8 Å². The molecule has 18 heavy (non-hydrogen) atoms. The molecule has 0 fully saturated rings. The molecule has 1 aromatic rings. The summed E-state index contributed by atoms with van der Waals surface area (Å²) in [6, 6.07) is 8.50. The normalized spacial score (nSPS) is 11.9. The van der Waals surface area contributed by atoms with Crippen LogP contribution in [0.3, 0.4) is 0 Å². The summed E-state index contributed by atoms with van der Waals surface area (Å²) in [6.07, 6.45) is 7.16. The zero-order valence-corrected chi connectivity index (χ0v) is 12.1. The highest BCUT2D eigenvalue weighted by Gasteiger charge is 2.02. The predicted octanol–water partition coefficient (Wildman–Crippen LogP) is 3.09. The van der Waals surface area contributed by atoms with Crippen molar-refractivity contribution in [3.8, 4) is 0 Å². The summed E-state index contributed by atoms with van der Waals surface area (Å²) < 4.78 is 0. The summed E-state index contributed by atoms with van der Waals surface area (Å²) >= 11 is 0. The van der Waals surface area contributed by atoms with Gasteiger partial charge in [-0.15, -0.1) is 12.4 Å². The molecule has 104 valence electrons. The van der Waals surface area contributed by atoms with E-state index in [9.17, 15) is 0 Å². The molecule has 0 bridgehead atoms. The lowest BCUT2D eigenvalue weighted by Gasteiger charge is -2.08. The Balaban J connectivity index is 0.00000289. The fourth-order valence-electron chi connectivity index (χ4n) is 1.97. The molecule has 3 heteroatoms. The molecular weight excluding hydrogens is 246 g/mol. The van der Waals surface area contributed by atoms with E-state index in [0.29, 0.717) is 0 Å². The number of rotatable bonds is 8. The molecule has 1 atom stereocenters. The van der Waals surface area contributed by atoms with Crippen molar-refractivity contribution in [1.29, 1.82) is 0 Å². The van der Waals surface area contributed by atoms with E-state index in [1.54, 1.807) is 0 Å². The lowest BCUT2D eigenvalue weighted by atomic mass is 10.0. The van der Waals surface area contributed by atoms with E-state index >= 15 is 0 Å². The Morgan fingerprint density at radius 1 is 1.06 bits per heavy atom. The molecular formula is C15H26ClNO. The minimum absolute atomic E-state index is 0. The van der Waals surface area contributed by atoms with Crippen LogP contribution in [0, 0.1) is 0 Å². The summed E-state index contributed by atoms with van der Waals surface area (Å²) in [5.41, 5.74) is 8.32. The Morgan fingerprint density at radius 2 is 1.67 bits per heavy atom. The zero-order valence-electron chi connectivity index (χ0n) is 11.3. The molecule has 0 unspecified atom stereocenters. The molecule has 0 aromatic heterocycles. The molecule has 0 spiro atoms. The van der Waals surface area contributed by atoms with Crippen molar-refractivity contribution in [2.24, 2.45) is 5.73 Å². The van der Waals surface area contributed by atoms with Gasteiger partial charge in [0.2, 0.25) is 0 Å². The topological polar surface area (TPSA) is 46.2 Å². The number of aliphatic hydroxyl groups excluding tert-OH is 1. The van der Waals surface area contributed by atoms with Gasteiger partial charge >= 0.3 is 0 Å². The second-order valence-electron chi connectivity index (χ2n) is 4.77. The number of nitrogens with two attached hydrogens (primary N) is 1. The summed E-state index contributed by atoms with van der Waals surface area (Å²) in [4.78, 5) is 0. The van der Waals surface area contributed by atoms with Crippen LogP contribution in [0.25, 0.3) is 0 Å². The van der Waals surface area contributed by atoms with Crippen molar-refractivity contribution in [2.75, 3.05) is 6.61 Å². The average Bonchev–Trinajstić information content (AvgIpc) is 2.36. The monoisotopic (exact) mass is 271 g/mol. The Kier molecular flexibility index (Phi) is 10.0. The van der Waals surface area contributed by atoms with Gasteiger partial charge in [-0.3, -0.25) is 0 Å². The minimum atomic E-state index is -0.134. The van der Waals surface area contributed by atoms with E-state index in [2.05, 4.69) is 31.2 Å². The number of aryl methyl sites for hydroxylation is 1. The fourth-order valence-corrected chi connectivity index (χ4v) is 1.97. The molecule has 0 amide bonds. The van der Waals surface area contributed by atoms with Gasteiger partial charge in [-0.2, -0.15) is 0 Å². The zero-order chi connectivity index (χ0) is 12.5. The van der Waals surface area contributed by atoms with Gasteiger partial charge in [0, 0.05) is 6.04 Å². The van der Waals surface area contributed by atoms with Crippen molar-refractivity contribution in [3.05, 3.63) is 35.4 Å². The molecule has 0 saturated carbocycles. The van der Waals surface area contributed by atoms with Crippen molar-refractivity contribution >= 4 is 12.4 Å². The van der Waals surface area contributed by atoms with Crippen LogP contribution < -0.4 is 5.73 Å². The van der Waals surface area contributed by atoms with Crippen LogP contribution in [0.4, 0.5) is 0 Å².